The van der Waals surface area contributed by atoms with E-state index < -0.39 is 16.4 Å². The maximum absolute atomic E-state index is 13.3. The summed E-state index contributed by atoms with van der Waals surface area (Å²) < 4.78 is 13.3. The van der Waals surface area contributed by atoms with Gasteiger partial charge in [0, 0.05) is 16.6 Å². The quantitative estimate of drug-likeness (QED) is 0.505. The number of amides is 1. The van der Waals surface area contributed by atoms with Gasteiger partial charge in [-0.25, -0.2) is 0 Å². The topological polar surface area (TPSA) is 72.2 Å². The van der Waals surface area contributed by atoms with Crippen LogP contribution >= 0.6 is 11.8 Å². The zero-order valence-corrected chi connectivity index (χ0v) is 13.6. The molecule has 0 saturated carbocycles. The van der Waals surface area contributed by atoms with Crippen molar-refractivity contribution in [2.75, 3.05) is 11.1 Å². The van der Waals surface area contributed by atoms with Crippen molar-refractivity contribution in [3.63, 3.8) is 0 Å². The highest BCUT2D eigenvalue weighted by Gasteiger charge is 2.16. The number of halogens is 1. The first-order valence-electron chi connectivity index (χ1n) is 7.51. The summed E-state index contributed by atoms with van der Waals surface area (Å²) in [5.41, 5.74) is 2.28. The van der Waals surface area contributed by atoms with Gasteiger partial charge in [0.05, 0.1) is 10.7 Å². The average molecular weight is 346 g/mol. The molecule has 1 N–H and O–H groups in total. The molecule has 0 heterocycles. The van der Waals surface area contributed by atoms with Crippen LogP contribution in [0, 0.1) is 15.9 Å². The highest BCUT2D eigenvalue weighted by Crippen LogP contribution is 2.28. The fraction of sp³-hybridized carbons (Fsp3) is 0.235. The van der Waals surface area contributed by atoms with Crippen molar-refractivity contribution < 1.29 is 14.1 Å². The van der Waals surface area contributed by atoms with Crippen LogP contribution in [0.3, 0.4) is 0 Å². The van der Waals surface area contributed by atoms with E-state index in [1.165, 1.54) is 35.4 Å². The van der Waals surface area contributed by atoms with Gasteiger partial charge in [0.15, 0.2) is 0 Å². The van der Waals surface area contributed by atoms with Crippen LogP contribution in [0.5, 0.6) is 0 Å². The Labute approximate surface area is 142 Å². The number of rotatable bonds is 5. The molecule has 0 unspecified atom stereocenters. The van der Waals surface area contributed by atoms with Gasteiger partial charge >= 0.3 is 5.69 Å². The Morgan fingerprint density at radius 2 is 2.00 bits per heavy atom. The molecule has 124 valence electrons. The van der Waals surface area contributed by atoms with Gasteiger partial charge < -0.3 is 5.32 Å². The number of anilines is 1. The Kier molecular flexibility index (Phi) is 4.80. The number of hydrogen-bond acceptors (Lipinski definition) is 4. The maximum atomic E-state index is 13.3. The summed E-state index contributed by atoms with van der Waals surface area (Å²) in [5.74, 6) is -1.03. The molecular formula is C17H15FN2O3S. The van der Waals surface area contributed by atoms with E-state index in [-0.39, 0.29) is 17.3 Å². The Balaban J connectivity index is 1.60. The largest absolute Gasteiger partial charge is 0.325 e. The number of nitrogens with one attached hydrogen (secondary N) is 1. The van der Waals surface area contributed by atoms with Crippen LogP contribution in [0.4, 0.5) is 15.8 Å². The molecule has 0 aromatic heterocycles. The zero-order valence-electron chi connectivity index (χ0n) is 12.8. The van der Waals surface area contributed by atoms with Gasteiger partial charge in [-0.05, 0) is 54.7 Å². The van der Waals surface area contributed by atoms with Crippen molar-refractivity contribution in [3.05, 3.63) is 63.5 Å². The number of carbonyl (C=O) groups is 1. The number of nitro groups is 1. The summed E-state index contributed by atoms with van der Waals surface area (Å²) in [6.07, 6.45) is 3.37. The van der Waals surface area contributed by atoms with Crippen molar-refractivity contribution >= 4 is 29.0 Å². The minimum atomic E-state index is -0.925. The molecule has 2 aromatic carbocycles. The Hall–Kier alpha value is -2.41. The number of carbonyl (C=O) groups excluding carboxylic acids is 1. The van der Waals surface area contributed by atoms with Gasteiger partial charge in [-0.3, -0.25) is 14.9 Å². The van der Waals surface area contributed by atoms with Crippen LogP contribution in [-0.4, -0.2) is 16.6 Å². The summed E-state index contributed by atoms with van der Waals surface area (Å²) in [7, 11) is 0. The van der Waals surface area contributed by atoms with Crippen molar-refractivity contribution in [1.82, 2.24) is 0 Å². The summed E-state index contributed by atoms with van der Waals surface area (Å²) in [6.45, 7) is 0. The second kappa shape index (κ2) is 7.00. The number of nitro benzene ring substituents is 1. The number of nitrogens with zero attached hydrogens (tertiary/aromatic N) is 1. The summed E-state index contributed by atoms with van der Waals surface area (Å²) >= 11 is 1.41. The molecule has 0 bridgehead atoms. The lowest BCUT2D eigenvalue weighted by atomic mass is 10.1. The fourth-order valence-electron chi connectivity index (χ4n) is 2.71. The standard InChI is InChI=1S/C17H15FN2O3S/c18-15-7-5-13(9-16(15)20(22)23)19-17(21)10-24-14-6-4-11-2-1-3-12(11)8-14/h4-9H,1-3,10H2,(H,19,21). The number of thioether (sulfide) groups is 1. The second-order valence-corrected chi connectivity index (χ2v) is 6.59. The van der Waals surface area contributed by atoms with Gasteiger partial charge in [0.2, 0.25) is 11.7 Å². The summed E-state index contributed by atoms with van der Waals surface area (Å²) in [4.78, 5) is 22.9. The van der Waals surface area contributed by atoms with Gasteiger partial charge in [0.25, 0.3) is 0 Å². The highest BCUT2D eigenvalue weighted by molar-refractivity contribution is 8.00. The number of hydrogen-bond donors (Lipinski definition) is 1. The third-order valence-electron chi connectivity index (χ3n) is 3.87. The lowest BCUT2D eigenvalue weighted by molar-refractivity contribution is -0.387. The molecule has 0 atom stereocenters. The van der Waals surface area contributed by atoms with Crippen molar-refractivity contribution in [1.29, 1.82) is 0 Å². The molecule has 7 heteroatoms. The molecule has 0 aliphatic heterocycles. The SMILES string of the molecule is O=C(CSc1ccc2c(c1)CCC2)Nc1ccc(F)c([N+](=O)[O-])c1. The van der Waals surface area contributed by atoms with Crippen molar-refractivity contribution in [3.8, 4) is 0 Å². The zero-order chi connectivity index (χ0) is 17.1. The first-order valence-corrected chi connectivity index (χ1v) is 8.50. The molecule has 0 fully saturated rings. The lowest BCUT2D eigenvalue weighted by Gasteiger charge is -2.07. The first-order chi connectivity index (χ1) is 11.5. The van der Waals surface area contributed by atoms with Crippen LogP contribution in [0.25, 0.3) is 0 Å². The number of benzene rings is 2. The van der Waals surface area contributed by atoms with Crippen molar-refractivity contribution in [2.24, 2.45) is 0 Å². The number of fused-ring (bicyclic) bond motifs is 1. The Morgan fingerprint density at radius 1 is 1.21 bits per heavy atom. The van der Waals surface area contributed by atoms with Gasteiger partial charge in [-0.2, -0.15) is 4.39 Å². The van der Waals surface area contributed by atoms with Crippen LogP contribution in [0.1, 0.15) is 17.5 Å². The Bertz CT molecular complexity index is 810. The third kappa shape index (κ3) is 3.73. The minimum absolute atomic E-state index is 0.184. The molecule has 0 saturated heterocycles. The van der Waals surface area contributed by atoms with Crippen molar-refractivity contribution in [2.45, 2.75) is 24.2 Å². The van der Waals surface area contributed by atoms with E-state index in [2.05, 4.69) is 17.4 Å². The summed E-state index contributed by atoms with van der Waals surface area (Å²) in [5, 5.41) is 13.3. The van der Waals surface area contributed by atoms with Gasteiger partial charge in [-0.15, -0.1) is 11.8 Å². The molecule has 0 spiro atoms. The molecule has 1 amide bonds. The highest BCUT2D eigenvalue weighted by atomic mass is 32.2. The molecule has 0 radical (unpaired) electrons. The first kappa shape index (κ1) is 16.4. The number of aryl methyl sites for hydroxylation is 2. The predicted octanol–water partition coefficient (Wildman–Crippen LogP) is 3.95. The third-order valence-corrected chi connectivity index (χ3v) is 4.86. The van der Waals surface area contributed by atoms with E-state index >= 15 is 0 Å². The molecule has 5 nitrogen and oxygen atoms in total. The maximum Gasteiger partial charge on any atom is 0.306 e. The molecule has 1 aliphatic rings. The van der Waals surface area contributed by atoms with Crippen LogP contribution in [-0.2, 0) is 17.6 Å². The Morgan fingerprint density at radius 3 is 2.79 bits per heavy atom. The monoisotopic (exact) mass is 346 g/mol. The minimum Gasteiger partial charge on any atom is -0.325 e. The van der Waals surface area contributed by atoms with Gasteiger partial charge in [0.1, 0.15) is 0 Å². The average Bonchev–Trinajstić information content (AvgIpc) is 3.02. The smallest absolute Gasteiger partial charge is 0.306 e. The predicted molar refractivity (Wildman–Crippen MR) is 90.9 cm³/mol. The summed E-state index contributed by atoms with van der Waals surface area (Å²) in [6, 6.07) is 9.52. The van der Waals surface area contributed by atoms with E-state index in [4.69, 9.17) is 0 Å². The fourth-order valence-corrected chi connectivity index (χ4v) is 3.47. The van der Waals surface area contributed by atoms with Gasteiger partial charge in [-0.1, -0.05) is 6.07 Å². The lowest BCUT2D eigenvalue weighted by Crippen LogP contribution is -2.14. The van der Waals surface area contributed by atoms with Crippen LogP contribution < -0.4 is 5.32 Å². The molecule has 1 aliphatic carbocycles. The van der Waals surface area contributed by atoms with E-state index in [0.717, 1.165) is 29.9 Å². The van der Waals surface area contributed by atoms with E-state index in [0.29, 0.717) is 0 Å². The molecule has 3 rings (SSSR count). The normalized spacial score (nSPS) is 12.7. The molecular weight excluding hydrogens is 331 g/mol. The van der Waals surface area contributed by atoms with E-state index in [1.807, 2.05) is 6.07 Å². The molecule has 2 aromatic rings. The van der Waals surface area contributed by atoms with Crippen LogP contribution in [0.15, 0.2) is 41.3 Å². The van der Waals surface area contributed by atoms with E-state index in [1.54, 1.807) is 0 Å². The van der Waals surface area contributed by atoms with Crippen LogP contribution in [0.2, 0.25) is 0 Å². The molecule has 24 heavy (non-hydrogen) atoms. The second-order valence-electron chi connectivity index (χ2n) is 5.54. The van der Waals surface area contributed by atoms with E-state index in [9.17, 15) is 19.3 Å².